The Hall–Kier alpha value is -1.81. The second-order valence-corrected chi connectivity index (χ2v) is 5.39. The largest absolute Gasteiger partial charge is 0.352 e. The number of amides is 1. The molecule has 0 saturated carbocycles. The first kappa shape index (κ1) is 14.6. The number of hydrogen-bond acceptors (Lipinski definition) is 2. The van der Waals surface area contributed by atoms with E-state index in [2.05, 4.69) is 10.4 Å². The number of aromatic nitrogens is 2. The summed E-state index contributed by atoms with van der Waals surface area (Å²) >= 11 is 6.11. The summed E-state index contributed by atoms with van der Waals surface area (Å²) in [4.78, 5) is 11.9. The van der Waals surface area contributed by atoms with Gasteiger partial charge in [0, 0.05) is 17.3 Å². The molecule has 20 heavy (non-hydrogen) atoms. The van der Waals surface area contributed by atoms with Crippen LogP contribution in [-0.2, 0) is 17.8 Å². The minimum atomic E-state index is -0.0485. The van der Waals surface area contributed by atoms with Crippen LogP contribution in [0.1, 0.15) is 18.1 Å². The van der Waals surface area contributed by atoms with Crippen molar-refractivity contribution in [3.63, 3.8) is 0 Å². The standard InChI is InChI=1S/C15H18ClN3O/c1-11-8-17-19(9-11)10-15(20)18-12(2)7-13-5-3-4-6-14(13)16/h3-6,8-9,12H,7,10H2,1-2H3,(H,18,20)/t12-/m0/s1. The maximum atomic E-state index is 11.9. The summed E-state index contributed by atoms with van der Waals surface area (Å²) < 4.78 is 1.63. The third-order valence-electron chi connectivity index (χ3n) is 2.96. The summed E-state index contributed by atoms with van der Waals surface area (Å²) in [5.74, 6) is -0.0485. The molecule has 1 aromatic carbocycles. The summed E-state index contributed by atoms with van der Waals surface area (Å²) in [6.45, 7) is 4.15. The van der Waals surface area contributed by atoms with Crippen molar-refractivity contribution in [3.05, 3.63) is 52.8 Å². The lowest BCUT2D eigenvalue weighted by Crippen LogP contribution is -2.36. The predicted octanol–water partition coefficient (Wildman–Crippen LogP) is 2.59. The molecule has 0 aliphatic carbocycles. The minimum Gasteiger partial charge on any atom is -0.352 e. The number of hydrogen-bond donors (Lipinski definition) is 1. The molecule has 0 spiro atoms. The zero-order valence-electron chi connectivity index (χ0n) is 11.6. The van der Waals surface area contributed by atoms with E-state index in [0.717, 1.165) is 16.1 Å². The van der Waals surface area contributed by atoms with E-state index in [1.165, 1.54) is 0 Å². The van der Waals surface area contributed by atoms with E-state index in [0.29, 0.717) is 6.42 Å². The summed E-state index contributed by atoms with van der Waals surface area (Å²) in [5.41, 5.74) is 2.08. The second kappa shape index (κ2) is 6.57. The number of benzene rings is 1. The van der Waals surface area contributed by atoms with Crippen LogP contribution in [-0.4, -0.2) is 21.7 Å². The van der Waals surface area contributed by atoms with Crippen LogP contribution in [0.4, 0.5) is 0 Å². The predicted molar refractivity (Wildman–Crippen MR) is 79.7 cm³/mol. The Morgan fingerprint density at radius 1 is 1.45 bits per heavy atom. The summed E-state index contributed by atoms with van der Waals surface area (Å²) in [6, 6.07) is 7.70. The number of rotatable bonds is 5. The average Bonchev–Trinajstić information content (AvgIpc) is 2.77. The van der Waals surface area contributed by atoms with Gasteiger partial charge in [0.05, 0.1) is 6.20 Å². The van der Waals surface area contributed by atoms with Crippen molar-refractivity contribution in [3.8, 4) is 0 Å². The molecular formula is C15H18ClN3O. The zero-order valence-corrected chi connectivity index (χ0v) is 12.4. The summed E-state index contributed by atoms with van der Waals surface area (Å²) in [6.07, 6.45) is 4.29. The van der Waals surface area contributed by atoms with E-state index in [1.54, 1.807) is 10.9 Å². The molecule has 2 rings (SSSR count). The second-order valence-electron chi connectivity index (χ2n) is 4.98. The Kier molecular flexibility index (Phi) is 4.79. The SMILES string of the molecule is Cc1cnn(CC(=O)N[C@@H](C)Cc2ccccc2Cl)c1. The number of aryl methyl sites for hydroxylation is 1. The van der Waals surface area contributed by atoms with Crippen LogP contribution in [0.15, 0.2) is 36.7 Å². The number of carbonyl (C=O) groups excluding carboxylic acids is 1. The maximum absolute atomic E-state index is 11.9. The van der Waals surface area contributed by atoms with E-state index >= 15 is 0 Å². The lowest BCUT2D eigenvalue weighted by molar-refractivity contribution is -0.122. The molecule has 0 radical (unpaired) electrons. The molecule has 2 aromatic rings. The average molecular weight is 292 g/mol. The molecule has 0 aliphatic heterocycles. The van der Waals surface area contributed by atoms with Crippen molar-refractivity contribution in [1.82, 2.24) is 15.1 Å². The highest BCUT2D eigenvalue weighted by atomic mass is 35.5. The summed E-state index contributed by atoms with van der Waals surface area (Å²) in [7, 11) is 0. The van der Waals surface area contributed by atoms with Crippen LogP contribution >= 0.6 is 11.6 Å². The van der Waals surface area contributed by atoms with Gasteiger partial charge >= 0.3 is 0 Å². The van der Waals surface area contributed by atoms with Crippen LogP contribution in [0.25, 0.3) is 0 Å². The highest BCUT2D eigenvalue weighted by Crippen LogP contribution is 2.16. The molecule has 0 unspecified atom stereocenters. The first-order chi connectivity index (χ1) is 9.54. The van der Waals surface area contributed by atoms with Gasteiger partial charge in [0.25, 0.3) is 0 Å². The van der Waals surface area contributed by atoms with Gasteiger partial charge in [-0.2, -0.15) is 5.10 Å². The Morgan fingerprint density at radius 2 is 2.20 bits per heavy atom. The Bertz CT molecular complexity index is 594. The Morgan fingerprint density at radius 3 is 2.85 bits per heavy atom. The van der Waals surface area contributed by atoms with Crippen LogP contribution in [0.2, 0.25) is 5.02 Å². The third-order valence-corrected chi connectivity index (χ3v) is 3.33. The fourth-order valence-electron chi connectivity index (χ4n) is 2.07. The minimum absolute atomic E-state index is 0.0269. The highest BCUT2D eigenvalue weighted by Gasteiger charge is 2.10. The van der Waals surface area contributed by atoms with Crippen LogP contribution in [0.3, 0.4) is 0 Å². The molecular weight excluding hydrogens is 274 g/mol. The van der Waals surface area contributed by atoms with Crippen LogP contribution < -0.4 is 5.32 Å². The quantitative estimate of drug-likeness (QED) is 0.920. The molecule has 1 heterocycles. The van der Waals surface area contributed by atoms with Crippen LogP contribution in [0.5, 0.6) is 0 Å². The van der Waals surface area contributed by atoms with Gasteiger partial charge in [0.1, 0.15) is 6.54 Å². The zero-order chi connectivity index (χ0) is 14.5. The van der Waals surface area contributed by atoms with E-state index in [1.807, 2.05) is 44.3 Å². The molecule has 0 bridgehead atoms. The van der Waals surface area contributed by atoms with Gasteiger partial charge in [-0.25, -0.2) is 0 Å². The Balaban J connectivity index is 1.86. The smallest absolute Gasteiger partial charge is 0.241 e. The van der Waals surface area contributed by atoms with Gasteiger partial charge in [0.15, 0.2) is 0 Å². The fraction of sp³-hybridized carbons (Fsp3) is 0.333. The first-order valence-corrected chi connectivity index (χ1v) is 6.94. The van der Waals surface area contributed by atoms with E-state index in [9.17, 15) is 4.79 Å². The van der Waals surface area contributed by atoms with Gasteiger partial charge in [0.2, 0.25) is 5.91 Å². The number of nitrogens with zero attached hydrogens (tertiary/aromatic N) is 2. The number of halogens is 1. The van der Waals surface area contributed by atoms with Crippen molar-refractivity contribution in [1.29, 1.82) is 0 Å². The molecule has 5 heteroatoms. The molecule has 4 nitrogen and oxygen atoms in total. The van der Waals surface area contributed by atoms with E-state index in [-0.39, 0.29) is 18.5 Å². The van der Waals surface area contributed by atoms with Crippen molar-refractivity contribution in [2.45, 2.75) is 32.9 Å². The van der Waals surface area contributed by atoms with Gasteiger partial charge in [-0.3, -0.25) is 9.48 Å². The maximum Gasteiger partial charge on any atom is 0.241 e. The molecule has 0 fully saturated rings. The lowest BCUT2D eigenvalue weighted by Gasteiger charge is -2.14. The third kappa shape index (κ3) is 4.10. The molecule has 1 atom stereocenters. The van der Waals surface area contributed by atoms with Crippen molar-refractivity contribution < 1.29 is 4.79 Å². The molecule has 0 aliphatic rings. The van der Waals surface area contributed by atoms with Crippen molar-refractivity contribution >= 4 is 17.5 Å². The topological polar surface area (TPSA) is 46.9 Å². The van der Waals surface area contributed by atoms with Crippen molar-refractivity contribution in [2.75, 3.05) is 0 Å². The van der Waals surface area contributed by atoms with Gasteiger partial charge < -0.3 is 5.32 Å². The molecule has 1 N–H and O–H groups in total. The molecule has 106 valence electrons. The van der Waals surface area contributed by atoms with Gasteiger partial charge in [-0.05, 0) is 37.5 Å². The Labute approximate surface area is 123 Å². The molecule has 0 saturated heterocycles. The highest BCUT2D eigenvalue weighted by molar-refractivity contribution is 6.31. The molecule has 1 amide bonds. The van der Waals surface area contributed by atoms with E-state index < -0.39 is 0 Å². The van der Waals surface area contributed by atoms with Gasteiger partial charge in [-0.15, -0.1) is 0 Å². The normalized spacial score (nSPS) is 12.2. The fourth-order valence-corrected chi connectivity index (χ4v) is 2.28. The molecule has 1 aromatic heterocycles. The van der Waals surface area contributed by atoms with E-state index in [4.69, 9.17) is 11.6 Å². The summed E-state index contributed by atoms with van der Waals surface area (Å²) in [5, 5.41) is 7.78. The van der Waals surface area contributed by atoms with Crippen molar-refractivity contribution in [2.24, 2.45) is 0 Å². The first-order valence-electron chi connectivity index (χ1n) is 6.56. The number of nitrogens with one attached hydrogen (secondary N) is 1. The van der Waals surface area contributed by atoms with Crippen LogP contribution in [0, 0.1) is 6.92 Å². The van der Waals surface area contributed by atoms with Gasteiger partial charge in [-0.1, -0.05) is 29.8 Å². The monoisotopic (exact) mass is 291 g/mol. The number of carbonyl (C=O) groups is 1. The lowest BCUT2D eigenvalue weighted by atomic mass is 10.1.